The first-order valence-electron chi connectivity index (χ1n) is 11.4. The Morgan fingerprint density at radius 2 is 1.86 bits per heavy atom. The maximum Gasteiger partial charge on any atom is 0.258 e. The number of fused-ring (bicyclic) bond motifs is 1. The molecule has 35 heavy (non-hydrogen) atoms. The number of hydrogen-bond acceptors (Lipinski definition) is 4. The SMILES string of the molecule is CC(C)n1cc(-c2ccc(CN3Cc4cccc(Oc5c(F)cccc5C#N)c4C3=O)cc2)cn1. The number of benzene rings is 3. The third kappa shape index (κ3) is 4.26. The minimum Gasteiger partial charge on any atom is -0.452 e. The fourth-order valence-electron chi connectivity index (χ4n) is 4.20. The van der Waals surface area contributed by atoms with Crippen molar-refractivity contribution in [1.29, 1.82) is 5.26 Å². The minimum absolute atomic E-state index is 0.0731. The van der Waals surface area contributed by atoms with Crippen molar-refractivity contribution in [2.75, 3.05) is 0 Å². The molecule has 0 aliphatic carbocycles. The summed E-state index contributed by atoms with van der Waals surface area (Å²) in [5.41, 5.74) is 4.38. The molecule has 0 bridgehead atoms. The van der Waals surface area contributed by atoms with Gasteiger partial charge in [-0.1, -0.05) is 42.5 Å². The van der Waals surface area contributed by atoms with Gasteiger partial charge in [-0.3, -0.25) is 9.48 Å². The van der Waals surface area contributed by atoms with Crippen LogP contribution in [0.15, 0.2) is 73.1 Å². The highest BCUT2D eigenvalue weighted by atomic mass is 19.1. The second kappa shape index (κ2) is 9.07. The highest BCUT2D eigenvalue weighted by Crippen LogP contribution is 2.36. The molecule has 3 aromatic carbocycles. The average Bonchev–Trinajstić information content (AvgIpc) is 3.47. The van der Waals surface area contributed by atoms with Crippen LogP contribution >= 0.6 is 0 Å². The molecule has 0 fully saturated rings. The van der Waals surface area contributed by atoms with E-state index in [1.54, 1.807) is 17.0 Å². The molecule has 0 radical (unpaired) electrons. The Labute approximate surface area is 202 Å². The topological polar surface area (TPSA) is 71.2 Å². The number of nitriles is 1. The molecular formula is C28H23FN4O2. The van der Waals surface area contributed by atoms with Crippen LogP contribution < -0.4 is 4.74 Å². The molecule has 1 aliphatic rings. The monoisotopic (exact) mass is 466 g/mol. The molecule has 0 saturated carbocycles. The van der Waals surface area contributed by atoms with Crippen LogP contribution in [0.3, 0.4) is 0 Å². The first kappa shape index (κ1) is 22.4. The van der Waals surface area contributed by atoms with Crippen molar-refractivity contribution < 1.29 is 13.9 Å². The van der Waals surface area contributed by atoms with Crippen molar-refractivity contribution in [3.8, 4) is 28.7 Å². The molecule has 0 atom stereocenters. The fourth-order valence-corrected chi connectivity index (χ4v) is 4.20. The number of rotatable bonds is 6. The summed E-state index contributed by atoms with van der Waals surface area (Å²) in [6.07, 6.45) is 3.87. The number of ether oxygens (including phenoxy) is 1. The summed E-state index contributed by atoms with van der Waals surface area (Å²) in [7, 11) is 0. The van der Waals surface area contributed by atoms with E-state index in [-0.39, 0.29) is 23.0 Å². The molecule has 4 aromatic rings. The third-order valence-electron chi connectivity index (χ3n) is 6.07. The quantitative estimate of drug-likeness (QED) is 0.345. The maximum atomic E-state index is 14.4. The van der Waals surface area contributed by atoms with Crippen LogP contribution in [0.1, 0.15) is 46.9 Å². The Morgan fingerprint density at radius 1 is 1.09 bits per heavy atom. The van der Waals surface area contributed by atoms with Gasteiger partial charge in [0.1, 0.15) is 11.8 Å². The van der Waals surface area contributed by atoms with Gasteiger partial charge in [0.2, 0.25) is 0 Å². The maximum absolute atomic E-state index is 14.4. The molecule has 1 aromatic heterocycles. The summed E-state index contributed by atoms with van der Waals surface area (Å²) in [4.78, 5) is 15.0. The van der Waals surface area contributed by atoms with Gasteiger partial charge in [-0.05, 0) is 48.7 Å². The lowest BCUT2D eigenvalue weighted by Gasteiger charge is -2.16. The van der Waals surface area contributed by atoms with E-state index in [2.05, 4.69) is 18.9 Å². The molecule has 0 spiro atoms. The number of nitrogens with zero attached hydrogens (tertiary/aromatic N) is 4. The first-order chi connectivity index (χ1) is 16.9. The van der Waals surface area contributed by atoms with Gasteiger partial charge in [-0.2, -0.15) is 10.4 Å². The van der Waals surface area contributed by atoms with Crippen LogP contribution in [0.2, 0.25) is 0 Å². The molecule has 0 unspecified atom stereocenters. The van der Waals surface area contributed by atoms with Gasteiger partial charge in [0, 0.05) is 30.9 Å². The second-order valence-electron chi connectivity index (χ2n) is 8.78. The van der Waals surface area contributed by atoms with E-state index in [1.807, 2.05) is 53.5 Å². The summed E-state index contributed by atoms with van der Waals surface area (Å²) in [5.74, 6) is -0.768. The minimum atomic E-state index is -0.650. The van der Waals surface area contributed by atoms with Gasteiger partial charge >= 0.3 is 0 Å². The molecule has 1 aliphatic heterocycles. The number of aromatic nitrogens is 2. The zero-order valence-corrected chi connectivity index (χ0v) is 19.4. The predicted octanol–water partition coefficient (Wildman–Crippen LogP) is 6.09. The van der Waals surface area contributed by atoms with Crippen LogP contribution in [-0.4, -0.2) is 20.6 Å². The lowest BCUT2D eigenvalue weighted by Crippen LogP contribution is -2.23. The van der Waals surface area contributed by atoms with Gasteiger partial charge in [-0.15, -0.1) is 0 Å². The summed E-state index contributed by atoms with van der Waals surface area (Å²) < 4.78 is 22.0. The van der Waals surface area contributed by atoms with Gasteiger partial charge in [0.05, 0.1) is 17.3 Å². The number of para-hydroxylation sites is 1. The number of hydrogen-bond donors (Lipinski definition) is 0. The molecule has 0 N–H and O–H groups in total. The van der Waals surface area contributed by atoms with E-state index in [4.69, 9.17) is 4.74 Å². The first-order valence-corrected chi connectivity index (χ1v) is 11.4. The Hall–Kier alpha value is -4.44. The molecule has 2 heterocycles. The van der Waals surface area contributed by atoms with E-state index >= 15 is 0 Å². The van der Waals surface area contributed by atoms with Crippen molar-refractivity contribution in [3.63, 3.8) is 0 Å². The van der Waals surface area contributed by atoms with E-state index in [0.717, 1.165) is 22.3 Å². The van der Waals surface area contributed by atoms with Crippen LogP contribution in [0.25, 0.3) is 11.1 Å². The summed E-state index contributed by atoms with van der Waals surface area (Å²) >= 11 is 0. The fraction of sp³-hybridized carbons (Fsp3) is 0.179. The van der Waals surface area contributed by atoms with Gasteiger partial charge in [0.25, 0.3) is 5.91 Å². The number of amides is 1. The zero-order chi connectivity index (χ0) is 24.5. The normalized spacial score (nSPS) is 12.7. The van der Waals surface area contributed by atoms with Gasteiger partial charge < -0.3 is 9.64 Å². The smallest absolute Gasteiger partial charge is 0.258 e. The third-order valence-corrected chi connectivity index (χ3v) is 6.07. The molecule has 174 valence electrons. The molecule has 0 saturated heterocycles. The highest BCUT2D eigenvalue weighted by molar-refractivity contribution is 6.01. The molecule has 6 nitrogen and oxygen atoms in total. The number of carbonyl (C=O) groups excluding carboxylic acids is 1. The van der Waals surface area contributed by atoms with Crippen LogP contribution in [-0.2, 0) is 13.1 Å². The molecule has 7 heteroatoms. The van der Waals surface area contributed by atoms with Crippen LogP contribution in [0, 0.1) is 17.1 Å². The molecule has 1 amide bonds. The van der Waals surface area contributed by atoms with Crippen molar-refractivity contribution in [1.82, 2.24) is 14.7 Å². The Bertz CT molecular complexity index is 1450. The van der Waals surface area contributed by atoms with E-state index in [1.165, 1.54) is 18.2 Å². The van der Waals surface area contributed by atoms with Gasteiger partial charge in [0.15, 0.2) is 11.6 Å². The highest BCUT2D eigenvalue weighted by Gasteiger charge is 2.31. The predicted molar refractivity (Wildman–Crippen MR) is 129 cm³/mol. The lowest BCUT2D eigenvalue weighted by atomic mass is 10.1. The van der Waals surface area contributed by atoms with E-state index in [9.17, 15) is 14.4 Å². The van der Waals surface area contributed by atoms with Crippen molar-refractivity contribution in [3.05, 3.63) is 101 Å². The lowest BCUT2D eigenvalue weighted by molar-refractivity contribution is 0.0764. The summed E-state index contributed by atoms with van der Waals surface area (Å²) in [6.45, 7) is 5.03. The van der Waals surface area contributed by atoms with Crippen LogP contribution in [0.4, 0.5) is 4.39 Å². The largest absolute Gasteiger partial charge is 0.452 e. The van der Waals surface area contributed by atoms with Crippen molar-refractivity contribution in [2.24, 2.45) is 0 Å². The van der Waals surface area contributed by atoms with Crippen molar-refractivity contribution in [2.45, 2.75) is 33.0 Å². The van der Waals surface area contributed by atoms with Gasteiger partial charge in [-0.25, -0.2) is 4.39 Å². The van der Waals surface area contributed by atoms with Crippen LogP contribution in [0.5, 0.6) is 11.5 Å². The zero-order valence-electron chi connectivity index (χ0n) is 19.4. The standard InChI is InChI=1S/C28H23FN4O2/c1-18(2)33-17-23(14-31-33)20-11-9-19(10-12-20)15-32-16-22-6-4-8-25(26(22)28(32)34)35-27-21(13-30)5-3-7-24(27)29/h3-12,14,17-18H,15-16H2,1-2H3. The Morgan fingerprint density at radius 3 is 2.57 bits per heavy atom. The number of halogens is 1. The van der Waals surface area contributed by atoms with E-state index in [0.29, 0.717) is 24.7 Å². The van der Waals surface area contributed by atoms with E-state index < -0.39 is 5.82 Å². The molecule has 5 rings (SSSR count). The Balaban J connectivity index is 1.35. The molecular weight excluding hydrogens is 443 g/mol. The van der Waals surface area contributed by atoms with Crippen molar-refractivity contribution >= 4 is 5.91 Å². The second-order valence-corrected chi connectivity index (χ2v) is 8.78. The summed E-state index contributed by atoms with van der Waals surface area (Å²) in [6, 6.07) is 19.7. The summed E-state index contributed by atoms with van der Waals surface area (Å²) in [5, 5.41) is 13.7. The average molecular weight is 467 g/mol. The number of carbonyl (C=O) groups is 1. The Kier molecular flexibility index (Phi) is 5.79.